The lowest BCUT2D eigenvalue weighted by Crippen LogP contribution is -2.42. The molecule has 9 nitrogen and oxygen atoms in total. The van der Waals surface area contributed by atoms with Crippen LogP contribution in [0.2, 0.25) is 5.02 Å². The predicted molar refractivity (Wildman–Crippen MR) is 122 cm³/mol. The number of carboxylic acid groups (broad SMARTS) is 1. The van der Waals surface area contributed by atoms with Crippen molar-refractivity contribution in [1.29, 1.82) is 0 Å². The van der Waals surface area contributed by atoms with Crippen LogP contribution >= 0.6 is 19.4 Å². The van der Waals surface area contributed by atoms with Crippen LogP contribution in [0.1, 0.15) is 44.9 Å². The van der Waals surface area contributed by atoms with Crippen LogP contribution in [0.25, 0.3) is 0 Å². The van der Waals surface area contributed by atoms with Crippen LogP contribution in [0.3, 0.4) is 0 Å². The van der Waals surface area contributed by atoms with Gasteiger partial charge in [0.15, 0.2) is 0 Å². The molecule has 3 N–H and O–H groups in total. The van der Waals surface area contributed by atoms with Gasteiger partial charge in [0.2, 0.25) is 0 Å². The van der Waals surface area contributed by atoms with Crippen LogP contribution in [0.5, 0.6) is 5.75 Å². The number of carboxylic acids is 1. The second-order valence-corrected chi connectivity index (χ2v) is 10.4. The van der Waals surface area contributed by atoms with E-state index in [-0.39, 0.29) is 25.0 Å². The lowest BCUT2D eigenvalue weighted by Gasteiger charge is -2.29. The third-order valence-electron chi connectivity index (χ3n) is 4.31. The number of rotatable bonds is 17. The minimum atomic E-state index is -4.29. The van der Waals surface area contributed by atoms with Crippen LogP contribution in [0.15, 0.2) is 24.3 Å². The van der Waals surface area contributed by atoms with E-state index >= 15 is 0 Å². The summed E-state index contributed by atoms with van der Waals surface area (Å²) in [5, 5.41) is 9.67. The molecule has 11 heteroatoms. The van der Waals surface area contributed by atoms with Crippen molar-refractivity contribution < 1.29 is 43.1 Å². The van der Waals surface area contributed by atoms with Crippen molar-refractivity contribution in [2.24, 2.45) is 0 Å². The standard InChI is InChI=1S/C21H35ClNO7P.H2O/c1-23(2,3)17-20(16-21(24)25)30-31(26,27)29-15-9-7-5-4-6-8-14-28-19-12-10-18(22)11-13-19;/h10-13,20H,4-9,14-17H2,1-3H3,(H-,24,25,26,27);1H2. The van der Waals surface area contributed by atoms with Crippen molar-refractivity contribution in [3.05, 3.63) is 29.3 Å². The van der Waals surface area contributed by atoms with Crippen molar-refractivity contribution in [3.8, 4) is 5.75 Å². The molecule has 0 radical (unpaired) electrons. The molecule has 0 saturated carbocycles. The number of benzene rings is 1. The van der Waals surface area contributed by atoms with E-state index in [1.807, 2.05) is 33.3 Å². The maximum atomic E-state index is 12.1. The summed E-state index contributed by atoms with van der Waals surface area (Å²) in [5.41, 5.74) is 0. The molecule has 1 rings (SSSR count). The van der Waals surface area contributed by atoms with Crippen molar-refractivity contribution in [3.63, 3.8) is 0 Å². The first-order chi connectivity index (χ1) is 14.5. The number of phosphoric ester groups is 1. The molecule has 0 fully saturated rings. The lowest BCUT2D eigenvalue weighted by molar-refractivity contribution is -0.873. The van der Waals surface area contributed by atoms with E-state index in [0.29, 0.717) is 22.5 Å². The lowest BCUT2D eigenvalue weighted by atomic mass is 10.1. The number of aliphatic carboxylic acids is 1. The van der Waals surface area contributed by atoms with Crippen molar-refractivity contribution >= 4 is 25.4 Å². The quantitative estimate of drug-likeness (QED) is 0.182. The SMILES string of the molecule is C[N+](C)(C)CC(CC(=O)O)OP(=O)(O)OCCCCCCCCOc1ccc(Cl)cc1.[OH-]. The molecule has 0 aliphatic rings. The molecule has 2 atom stereocenters. The molecular weight excluding hydrogens is 461 g/mol. The number of phosphoric acid groups is 1. The number of unbranched alkanes of at least 4 members (excludes halogenated alkanes) is 5. The first kappa shape index (κ1) is 30.8. The Balaban J connectivity index is 0.00000961. The van der Waals surface area contributed by atoms with Crippen molar-refractivity contribution in [1.82, 2.24) is 0 Å². The zero-order chi connectivity index (χ0) is 23.3. The fraction of sp³-hybridized carbons (Fsp3) is 0.667. The Hall–Kier alpha value is -1.19. The van der Waals surface area contributed by atoms with Crippen molar-refractivity contribution in [2.45, 2.75) is 51.0 Å². The smallest absolute Gasteiger partial charge is 0.472 e. The van der Waals surface area contributed by atoms with E-state index in [1.165, 1.54) is 0 Å². The van der Waals surface area contributed by atoms with Crippen LogP contribution in [-0.4, -0.2) is 72.9 Å². The largest absolute Gasteiger partial charge is 0.870 e. The van der Waals surface area contributed by atoms with Gasteiger partial charge in [-0.1, -0.05) is 37.3 Å². The zero-order valence-corrected chi connectivity index (χ0v) is 20.8. The van der Waals surface area contributed by atoms with Crippen LogP contribution in [0, 0.1) is 0 Å². The summed E-state index contributed by atoms with van der Waals surface area (Å²) in [6, 6.07) is 7.28. The maximum absolute atomic E-state index is 12.1. The van der Waals surface area contributed by atoms with Gasteiger partial charge in [-0.25, -0.2) is 4.57 Å². The third kappa shape index (κ3) is 16.4. The number of likely N-dealkylation sites (N-methyl/N-ethyl adjacent to an activating group) is 1. The number of carbonyl (C=O) groups is 1. The fourth-order valence-corrected chi connectivity index (χ4v) is 4.04. The van der Waals surface area contributed by atoms with E-state index in [4.69, 9.17) is 30.5 Å². The van der Waals surface area contributed by atoms with Crippen molar-refractivity contribution in [2.75, 3.05) is 40.9 Å². The normalized spacial score (nSPS) is 14.3. The Labute approximate surface area is 195 Å². The monoisotopic (exact) mass is 497 g/mol. The third-order valence-corrected chi connectivity index (χ3v) is 5.64. The summed E-state index contributed by atoms with van der Waals surface area (Å²) < 4.78 is 28.3. The highest BCUT2D eigenvalue weighted by Gasteiger charge is 2.31. The molecule has 0 heterocycles. The second kappa shape index (κ2) is 15.6. The number of halogens is 1. The molecule has 32 heavy (non-hydrogen) atoms. The molecule has 0 aromatic heterocycles. The second-order valence-electron chi connectivity index (χ2n) is 8.52. The van der Waals surface area contributed by atoms with Gasteiger partial charge < -0.3 is 24.7 Å². The summed E-state index contributed by atoms with van der Waals surface area (Å²) in [7, 11) is 1.27. The molecular formula is C21H37ClNO8P. The van der Waals surface area contributed by atoms with Gasteiger partial charge in [0.1, 0.15) is 18.4 Å². The molecule has 0 bridgehead atoms. The van der Waals surface area contributed by atoms with Gasteiger partial charge in [-0.15, -0.1) is 0 Å². The summed E-state index contributed by atoms with van der Waals surface area (Å²) in [4.78, 5) is 20.9. The maximum Gasteiger partial charge on any atom is 0.472 e. The highest BCUT2D eigenvalue weighted by atomic mass is 35.5. The summed E-state index contributed by atoms with van der Waals surface area (Å²) in [6.07, 6.45) is 4.28. The van der Waals surface area contributed by atoms with Gasteiger partial charge in [0.05, 0.1) is 40.8 Å². The van der Waals surface area contributed by atoms with E-state index in [2.05, 4.69) is 0 Å². The van der Waals surface area contributed by atoms with E-state index in [1.54, 1.807) is 12.1 Å². The Morgan fingerprint density at radius 2 is 1.56 bits per heavy atom. The highest BCUT2D eigenvalue weighted by Crippen LogP contribution is 2.45. The summed E-state index contributed by atoms with van der Waals surface area (Å²) in [6.45, 7) is 1.03. The molecule has 186 valence electrons. The average molecular weight is 498 g/mol. The van der Waals surface area contributed by atoms with Crippen LogP contribution in [-0.2, 0) is 18.4 Å². The first-order valence-corrected chi connectivity index (χ1v) is 12.4. The number of nitrogens with zero attached hydrogens (tertiary/aromatic N) is 1. The van der Waals surface area contributed by atoms with E-state index < -0.39 is 19.9 Å². The summed E-state index contributed by atoms with van der Waals surface area (Å²) in [5.74, 6) is -0.277. The molecule has 0 aliphatic carbocycles. The van der Waals surface area contributed by atoms with E-state index in [0.717, 1.165) is 37.9 Å². The number of hydrogen-bond acceptors (Lipinski definition) is 6. The number of hydrogen-bond donors (Lipinski definition) is 2. The molecule has 0 saturated heterocycles. The predicted octanol–water partition coefficient (Wildman–Crippen LogP) is 4.57. The van der Waals surface area contributed by atoms with Gasteiger partial charge in [-0.2, -0.15) is 0 Å². The van der Waals surface area contributed by atoms with Gasteiger partial charge in [-0.3, -0.25) is 13.8 Å². The topological polar surface area (TPSA) is 132 Å². The minimum absolute atomic E-state index is 0. The highest BCUT2D eigenvalue weighted by molar-refractivity contribution is 7.47. The zero-order valence-electron chi connectivity index (χ0n) is 19.1. The Bertz CT molecular complexity index is 696. The molecule has 0 spiro atoms. The molecule has 1 aromatic rings. The van der Waals surface area contributed by atoms with Gasteiger partial charge >= 0.3 is 13.8 Å². The molecule has 2 unspecified atom stereocenters. The van der Waals surface area contributed by atoms with Gasteiger partial charge in [0, 0.05) is 5.02 Å². The van der Waals surface area contributed by atoms with Gasteiger partial charge in [0.25, 0.3) is 0 Å². The Morgan fingerprint density at radius 3 is 2.09 bits per heavy atom. The minimum Gasteiger partial charge on any atom is -0.870 e. The Kier molecular flexibility index (Phi) is 15.0. The fourth-order valence-electron chi connectivity index (χ4n) is 2.97. The van der Waals surface area contributed by atoms with Crippen LogP contribution in [0.4, 0.5) is 0 Å². The molecule has 0 amide bonds. The van der Waals surface area contributed by atoms with E-state index in [9.17, 15) is 14.3 Å². The number of ether oxygens (including phenoxy) is 1. The summed E-state index contributed by atoms with van der Waals surface area (Å²) >= 11 is 5.83. The average Bonchev–Trinajstić information content (AvgIpc) is 2.62. The van der Waals surface area contributed by atoms with Crippen LogP contribution < -0.4 is 4.74 Å². The number of quaternary nitrogens is 1. The molecule has 0 aliphatic heterocycles. The molecule has 1 aromatic carbocycles. The first-order valence-electron chi connectivity index (χ1n) is 10.5. The van der Waals surface area contributed by atoms with Gasteiger partial charge in [-0.05, 0) is 37.1 Å². The Morgan fingerprint density at radius 1 is 1.03 bits per heavy atom.